The van der Waals surface area contributed by atoms with E-state index in [9.17, 15) is 24.0 Å². The summed E-state index contributed by atoms with van der Waals surface area (Å²) in [5, 5.41) is 14.2. The average molecular weight is 710 g/mol. The zero-order chi connectivity index (χ0) is 35.2. The Balaban J connectivity index is 1.54. The summed E-state index contributed by atoms with van der Waals surface area (Å²) in [6, 6.07) is 19.7. The number of nitrogens with zero attached hydrogens (tertiary/aromatic N) is 1. The number of carbonyl (C=O) groups is 5. The number of amides is 4. The van der Waals surface area contributed by atoms with E-state index in [0.717, 1.165) is 28.4 Å². The van der Waals surface area contributed by atoms with Crippen LogP contribution in [0.4, 0.5) is 5.69 Å². The second-order valence-electron chi connectivity index (χ2n) is 10.1. The molecule has 15 heteroatoms. The fourth-order valence-electron chi connectivity index (χ4n) is 4.30. The van der Waals surface area contributed by atoms with Gasteiger partial charge in [-0.15, -0.1) is 0 Å². The van der Waals surface area contributed by atoms with Crippen LogP contribution in [0.3, 0.4) is 0 Å². The second kappa shape index (κ2) is 18.8. The van der Waals surface area contributed by atoms with Crippen molar-refractivity contribution in [2.75, 3.05) is 65.2 Å². The predicted octanol–water partition coefficient (Wildman–Crippen LogP) is 3.59. The highest BCUT2D eigenvalue weighted by atomic mass is 32.2. The average Bonchev–Trinajstić information content (AvgIpc) is 3.32. The van der Waals surface area contributed by atoms with Crippen LogP contribution in [0.25, 0.3) is 0 Å². The molecule has 0 bridgehead atoms. The third-order valence-corrected chi connectivity index (χ3v) is 8.98. The molecule has 49 heavy (non-hydrogen) atoms. The van der Waals surface area contributed by atoms with Gasteiger partial charge in [0.15, 0.2) is 0 Å². The van der Waals surface area contributed by atoms with Gasteiger partial charge >= 0.3 is 5.97 Å². The Kier molecular flexibility index (Phi) is 14.2. The monoisotopic (exact) mass is 709 g/mol. The van der Waals surface area contributed by atoms with Gasteiger partial charge in [-0.1, -0.05) is 23.5 Å². The largest absolute Gasteiger partial charge is 0.491 e. The van der Waals surface area contributed by atoms with Crippen molar-refractivity contribution in [2.45, 2.75) is 9.79 Å². The van der Waals surface area contributed by atoms with Gasteiger partial charge in [-0.25, -0.2) is 9.69 Å². The highest BCUT2D eigenvalue weighted by molar-refractivity contribution is 8.08. The van der Waals surface area contributed by atoms with E-state index in [0.29, 0.717) is 58.7 Å². The van der Waals surface area contributed by atoms with Crippen LogP contribution in [0.1, 0.15) is 20.7 Å². The normalized spacial score (nSPS) is 12.7. The van der Waals surface area contributed by atoms with E-state index in [1.165, 1.54) is 0 Å². The Labute approximate surface area is 291 Å². The van der Waals surface area contributed by atoms with Gasteiger partial charge in [0.1, 0.15) is 19.0 Å². The van der Waals surface area contributed by atoms with Crippen molar-refractivity contribution in [3.8, 4) is 5.75 Å². The van der Waals surface area contributed by atoms with E-state index in [1.807, 2.05) is 0 Å². The fraction of sp³-hybridized carbons (Fsp3) is 0.265. The molecular weight excluding hydrogens is 675 g/mol. The molecule has 0 unspecified atom stereocenters. The molecule has 1 heterocycles. The maximum absolute atomic E-state index is 13.9. The van der Waals surface area contributed by atoms with Crippen LogP contribution in [0.5, 0.6) is 5.75 Å². The van der Waals surface area contributed by atoms with Crippen molar-refractivity contribution in [1.29, 1.82) is 0 Å². The first-order valence-corrected chi connectivity index (χ1v) is 16.6. The maximum Gasteiger partial charge on any atom is 0.329 e. The molecule has 4 rings (SSSR count). The number of aliphatic carboxylic acids is 1. The molecule has 0 aliphatic carbocycles. The van der Waals surface area contributed by atoms with E-state index in [4.69, 9.17) is 24.1 Å². The molecule has 0 radical (unpaired) electrons. The molecule has 0 aromatic heterocycles. The number of carbonyl (C=O) groups excluding carboxylic acids is 4. The number of hydrogen-bond acceptors (Lipinski definition) is 11. The summed E-state index contributed by atoms with van der Waals surface area (Å²) in [6.07, 6.45) is 0. The third-order valence-electron chi connectivity index (χ3n) is 6.67. The number of thioether (sulfide) groups is 2. The van der Waals surface area contributed by atoms with E-state index >= 15 is 0 Å². The number of hydrogen-bond donors (Lipinski definition) is 3. The molecule has 0 saturated carbocycles. The lowest BCUT2D eigenvalue weighted by atomic mass is 10.2. The molecule has 0 spiro atoms. The van der Waals surface area contributed by atoms with E-state index in [2.05, 4.69) is 10.6 Å². The lowest BCUT2D eigenvalue weighted by molar-refractivity contribution is -0.142. The summed E-state index contributed by atoms with van der Waals surface area (Å²) in [6.45, 7) is 1.23. The summed E-state index contributed by atoms with van der Waals surface area (Å²) in [4.78, 5) is 66.0. The molecule has 0 saturated heterocycles. The Hall–Kier alpha value is -4.67. The summed E-state index contributed by atoms with van der Waals surface area (Å²) in [7, 11) is 3.09. The minimum absolute atomic E-state index is 0.0706. The first kappa shape index (κ1) is 37.2. The van der Waals surface area contributed by atoms with Gasteiger partial charge in [-0.3, -0.25) is 19.2 Å². The molecule has 3 aromatic rings. The minimum Gasteiger partial charge on any atom is -0.491 e. The fourth-order valence-corrected chi connectivity index (χ4v) is 6.28. The zero-order valence-corrected chi connectivity index (χ0v) is 28.4. The Morgan fingerprint density at radius 1 is 0.673 bits per heavy atom. The van der Waals surface area contributed by atoms with Gasteiger partial charge in [0.2, 0.25) is 0 Å². The van der Waals surface area contributed by atoms with Crippen molar-refractivity contribution in [3.05, 3.63) is 93.7 Å². The molecule has 0 fully saturated rings. The Morgan fingerprint density at radius 2 is 1.14 bits per heavy atom. The van der Waals surface area contributed by atoms with Gasteiger partial charge < -0.3 is 34.7 Å². The van der Waals surface area contributed by atoms with Crippen LogP contribution in [-0.4, -0.2) is 95.0 Å². The number of anilines is 1. The van der Waals surface area contributed by atoms with Gasteiger partial charge in [0, 0.05) is 48.2 Å². The van der Waals surface area contributed by atoms with Crippen LogP contribution < -0.4 is 20.3 Å². The van der Waals surface area contributed by atoms with Gasteiger partial charge in [-0.2, -0.15) is 0 Å². The lowest BCUT2D eigenvalue weighted by Gasteiger charge is -2.16. The molecule has 0 atom stereocenters. The highest BCUT2D eigenvalue weighted by Crippen LogP contribution is 2.44. The van der Waals surface area contributed by atoms with Crippen molar-refractivity contribution in [1.82, 2.24) is 10.6 Å². The number of imide groups is 1. The summed E-state index contributed by atoms with van der Waals surface area (Å²) >= 11 is 2.22. The van der Waals surface area contributed by atoms with Crippen molar-refractivity contribution < 1.29 is 48.0 Å². The van der Waals surface area contributed by atoms with Crippen molar-refractivity contribution in [3.63, 3.8) is 0 Å². The minimum atomic E-state index is -1.08. The van der Waals surface area contributed by atoms with E-state index in [1.54, 1.807) is 87.0 Å². The Morgan fingerprint density at radius 3 is 1.57 bits per heavy atom. The molecule has 258 valence electrons. The molecule has 1 aliphatic rings. The number of carboxylic acid groups (broad SMARTS) is 1. The zero-order valence-electron chi connectivity index (χ0n) is 26.8. The summed E-state index contributed by atoms with van der Waals surface area (Å²) < 4.78 is 20.5. The Bertz CT molecular complexity index is 1570. The van der Waals surface area contributed by atoms with Gasteiger partial charge in [0.25, 0.3) is 23.6 Å². The molecular formula is C34H35N3O10S2. The van der Waals surface area contributed by atoms with Crippen LogP contribution in [0, 0.1) is 0 Å². The van der Waals surface area contributed by atoms with Gasteiger partial charge in [0.05, 0.1) is 35.3 Å². The lowest BCUT2D eigenvalue weighted by Crippen LogP contribution is -2.31. The molecule has 3 aromatic carbocycles. The SMILES string of the molecule is COCCNC(=O)c1ccc(SC2=C(Sc3ccc(C(=O)NCCOC)cc3)C(=O)N(c3ccc(OCCOCC(=O)O)cc3)C2=O)cc1. The molecule has 3 N–H and O–H groups in total. The van der Waals surface area contributed by atoms with E-state index < -0.39 is 24.4 Å². The first-order chi connectivity index (χ1) is 23.7. The van der Waals surface area contributed by atoms with Gasteiger partial charge in [-0.05, 0) is 72.8 Å². The second-order valence-corrected chi connectivity index (χ2v) is 12.3. The third kappa shape index (κ3) is 10.7. The number of benzene rings is 3. The molecule has 1 aliphatic heterocycles. The van der Waals surface area contributed by atoms with Crippen LogP contribution in [0.2, 0.25) is 0 Å². The maximum atomic E-state index is 13.9. The highest BCUT2D eigenvalue weighted by Gasteiger charge is 2.40. The number of methoxy groups -OCH3 is 2. The predicted molar refractivity (Wildman–Crippen MR) is 183 cm³/mol. The van der Waals surface area contributed by atoms with E-state index in [-0.39, 0.29) is 34.8 Å². The van der Waals surface area contributed by atoms with Crippen molar-refractivity contribution in [2.24, 2.45) is 0 Å². The first-order valence-electron chi connectivity index (χ1n) is 15.0. The molecule has 4 amide bonds. The molecule has 13 nitrogen and oxygen atoms in total. The van der Waals surface area contributed by atoms with Crippen LogP contribution in [-0.2, 0) is 28.6 Å². The number of rotatable bonds is 19. The van der Waals surface area contributed by atoms with Crippen molar-refractivity contribution >= 4 is 58.8 Å². The quantitative estimate of drug-likeness (QED) is 0.122. The van der Waals surface area contributed by atoms with Crippen LogP contribution >= 0.6 is 23.5 Å². The summed E-state index contributed by atoms with van der Waals surface area (Å²) in [5.41, 5.74) is 1.19. The number of carboxylic acids is 1. The summed E-state index contributed by atoms with van der Waals surface area (Å²) in [5.74, 6) is -2.22. The topological polar surface area (TPSA) is 170 Å². The standard InChI is InChI=1S/C34H35N3O10S2/c1-44-17-15-35-31(40)22-3-11-26(12-4-22)48-29-30(49-27-13-5-23(6-14-27)32(41)36-16-18-45-2)34(43)37(33(29)42)24-7-9-25(10-8-24)47-20-19-46-21-28(38)39/h3-14H,15-21H2,1-2H3,(H,35,40)(H,36,41)(H,38,39). The van der Waals surface area contributed by atoms with Crippen LogP contribution in [0.15, 0.2) is 92.4 Å². The number of ether oxygens (including phenoxy) is 4. The smallest absolute Gasteiger partial charge is 0.329 e. The number of nitrogens with one attached hydrogen (secondary N) is 2.